The molecule has 0 saturated carbocycles. The molecule has 4 nitrogen and oxygen atoms in total. The molecule has 0 spiro atoms. The van der Waals surface area contributed by atoms with E-state index in [2.05, 4.69) is 12.2 Å². The van der Waals surface area contributed by atoms with Gasteiger partial charge < -0.3 is 10.2 Å². The van der Waals surface area contributed by atoms with Crippen molar-refractivity contribution in [2.45, 2.75) is 52.9 Å². The summed E-state index contributed by atoms with van der Waals surface area (Å²) in [6, 6.07) is 5.86. The van der Waals surface area contributed by atoms with Crippen LogP contribution in [0.3, 0.4) is 0 Å². The Morgan fingerprint density at radius 1 is 1.12 bits per heavy atom. The second kappa shape index (κ2) is 8.86. The van der Waals surface area contributed by atoms with Crippen molar-refractivity contribution in [2.24, 2.45) is 5.92 Å². The molecule has 0 aliphatic carbocycles. The molecule has 1 aliphatic rings. The van der Waals surface area contributed by atoms with Crippen molar-refractivity contribution in [1.29, 1.82) is 0 Å². The molecule has 1 aromatic carbocycles. The van der Waals surface area contributed by atoms with Crippen LogP contribution in [0.5, 0.6) is 0 Å². The number of benzene rings is 1. The Bertz CT molecular complexity index is 575. The minimum Gasteiger partial charge on any atom is -0.356 e. The average Bonchev–Trinajstić information content (AvgIpc) is 2.60. The quantitative estimate of drug-likeness (QED) is 0.812. The van der Waals surface area contributed by atoms with Crippen LogP contribution in [0.4, 0.5) is 0 Å². The summed E-state index contributed by atoms with van der Waals surface area (Å²) in [4.78, 5) is 26.7. The molecular weight excluding hydrogens is 300 g/mol. The van der Waals surface area contributed by atoms with Crippen LogP contribution in [-0.2, 0) is 4.79 Å². The molecule has 0 aromatic heterocycles. The van der Waals surface area contributed by atoms with Crippen LogP contribution >= 0.6 is 0 Å². The molecule has 2 amide bonds. The predicted octanol–water partition coefficient (Wildman–Crippen LogP) is 3.46. The highest BCUT2D eigenvalue weighted by Gasteiger charge is 2.27. The van der Waals surface area contributed by atoms with Gasteiger partial charge in [0.05, 0.1) is 0 Å². The van der Waals surface area contributed by atoms with Crippen molar-refractivity contribution in [3.8, 4) is 0 Å². The lowest BCUT2D eigenvalue weighted by Crippen LogP contribution is -2.43. The van der Waals surface area contributed by atoms with Gasteiger partial charge in [-0.2, -0.15) is 0 Å². The van der Waals surface area contributed by atoms with Gasteiger partial charge in [-0.1, -0.05) is 25.8 Å². The third-order valence-corrected chi connectivity index (χ3v) is 4.99. The molecule has 1 fully saturated rings. The van der Waals surface area contributed by atoms with E-state index in [1.807, 2.05) is 36.9 Å². The van der Waals surface area contributed by atoms with E-state index in [1.165, 1.54) is 5.56 Å². The van der Waals surface area contributed by atoms with Crippen molar-refractivity contribution in [1.82, 2.24) is 10.2 Å². The summed E-state index contributed by atoms with van der Waals surface area (Å²) in [7, 11) is 0. The SMILES string of the molecule is CCCCCNC(=O)C1CCN(C(=O)c2ccc(C)c(C)c2)CC1. The van der Waals surface area contributed by atoms with E-state index >= 15 is 0 Å². The van der Waals surface area contributed by atoms with Gasteiger partial charge >= 0.3 is 0 Å². The van der Waals surface area contributed by atoms with Gasteiger partial charge in [0.15, 0.2) is 0 Å². The van der Waals surface area contributed by atoms with Crippen LogP contribution in [0, 0.1) is 19.8 Å². The van der Waals surface area contributed by atoms with Gasteiger partial charge in [0.25, 0.3) is 5.91 Å². The van der Waals surface area contributed by atoms with Gasteiger partial charge in [0, 0.05) is 31.1 Å². The number of rotatable bonds is 6. The fraction of sp³-hybridized carbons (Fsp3) is 0.600. The maximum Gasteiger partial charge on any atom is 0.253 e. The molecule has 4 heteroatoms. The monoisotopic (exact) mass is 330 g/mol. The van der Waals surface area contributed by atoms with Crippen LogP contribution in [0.1, 0.15) is 60.5 Å². The number of nitrogens with zero attached hydrogens (tertiary/aromatic N) is 1. The predicted molar refractivity (Wildman–Crippen MR) is 97.1 cm³/mol. The second-order valence-electron chi connectivity index (χ2n) is 6.86. The second-order valence-corrected chi connectivity index (χ2v) is 6.86. The zero-order valence-electron chi connectivity index (χ0n) is 15.2. The fourth-order valence-electron chi connectivity index (χ4n) is 3.13. The standard InChI is InChI=1S/C20H30N2O2/c1-4-5-6-11-21-19(23)17-9-12-22(13-10-17)20(24)18-8-7-15(2)16(3)14-18/h7-8,14,17H,4-6,9-13H2,1-3H3,(H,21,23). The maximum absolute atomic E-state index is 12.6. The normalized spacial score (nSPS) is 15.4. The van der Waals surface area contributed by atoms with Gasteiger partial charge in [-0.05, 0) is 56.4 Å². The highest BCUT2D eigenvalue weighted by molar-refractivity contribution is 5.94. The van der Waals surface area contributed by atoms with Crippen molar-refractivity contribution in [3.05, 3.63) is 34.9 Å². The highest BCUT2D eigenvalue weighted by Crippen LogP contribution is 2.20. The summed E-state index contributed by atoms with van der Waals surface area (Å²) in [6.45, 7) is 8.34. The number of nitrogens with one attached hydrogen (secondary N) is 1. The Labute approximate surface area is 145 Å². The first-order valence-electron chi connectivity index (χ1n) is 9.17. The summed E-state index contributed by atoms with van der Waals surface area (Å²) in [5.74, 6) is 0.291. The molecule has 1 aromatic rings. The van der Waals surface area contributed by atoms with E-state index < -0.39 is 0 Å². The van der Waals surface area contributed by atoms with E-state index in [9.17, 15) is 9.59 Å². The van der Waals surface area contributed by atoms with Gasteiger partial charge in [-0.3, -0.25) is 9.59 Å². The lowest BCUT2D eigenvalue weighted by Gasteiger charge is -2.31. The highest BCUT2D eigenvalue weighted by atomic mass is 16.2. The van der Waals surface area contributed by atoms with Crippen molar-refractivity contribution >= 4 is 11.8 Å². The third kappa shape index (κ3) is 4.83. The molecule has 0 radical (unpaired) electrons. The first-order chi connectivity index (χ1) is 11.5. The smallest absolute Gasteiger partial charge is 0.253 e. The van der Waals surface area contributed by atoms with Crippen LogP contribution in [0.25, 0.3) is 0 Å². The molecule has 1 N–H and O–H groups in total. The summed E-state index contributed by atoms with van der Waals surface area (Å²) < 4.78 is 0. The lowest BCUT2D eigenvalue weighted by molar-refractivity contribution is -0.126. The molecule has 132 valence electrons. The van der Waals surface area contributed by atoms with E-state index in [0.29, 0.717) is 13.1 Å². The molecule has 2 rings (SSSR count). The number of hydrogen-bond acceptors (Lipinski definition) is 2. The number of unbranched alkanes of at least 4 members (excludes halogenated alkanes) is 2. The average molecular weight is 330 g/mol. The number of aryl methyl sites for hydroxylation is 2. The topological polar surface area (TPSA) is 49.4 Å². The molecule has 0 atom stereocenters. The number of amides is 2. The van der Waals surface area contributed by atoms with Crippen molar-refractivity contribution < 1.29 is 9.59 Å². The van der Waals surface area contributed by atoms with E-state index in [4.69, 9.17) is 0 Å². The summed E-state index contributed by atoms with van der Waals surface area (Å²) in [5.41, 5.74) is 3.09. The minimum atomic E-state index is 0.0513. The van der Waals surface area contributed by atoms with Crippen LogP contribution in [0.15, 0.2) is 18.2 Å². The van der Waals surface area contributed by atoms with Crippen LogP contribution in [-0.4, -0.2) is 36.3 Å². The first kappa shape index (κ1) is 18.5. The number of piperidine rings is 1. The third-order valence-electron chi connectivity index (χ3n) is 4.99. The number of carbonyl (C=O) groups is 2. The van der Waals surface area contributed by atoms with Gasteiger partial charge in [0.2, 0.25) is 5.91 Å². The Balaban J connectivity index is 1.82. The van der Waals surface area contributed by atoms with Crippen molar-refractivity contribution in [3.63, 3.8) is 0 Å². The zero-order valence-corrected chi connectivity index (χ0v) is 15.2. The summed E-state index contributed by atoms with van der Waals surface area (Å²) >= 11 is 0. The van der Waals surface area contributed by atoms with Gasteiger partial charge in [0.1, 0.15) is 0 Å². The molecule has 0 bridgehead atoms. The number of hydrogen-bond donors (Lipinski definition) is 1. The van der Waals surface area contributed by atoms with Crippen LogP contribution < -0.4 is 5.32 Å². The van der Waals surface area contributed by atoms with Gasteiger partial charge in [-0.25, -0.2) is 0 Å². The molecule has 1 aliphatic heterocycles. The van der Waals surface area contributed by atoms with E-state index in [0.717, 1.165) is 49.8 Å². The zero-order chi connectivity index (χ0) is 17.5. The first-order valence-corrected chi connectivity index (χ1v) is 9.17. The Kier molecular flexibility index (Phi) is 6.83. The number of likely N-dealkylation sites (tertiary alicyclic amines) is 1. The van der Waals surface area contributed by atoms with E-state index in [-0.39, 0.29) is 17.7 Å². The molecule has 24 heavy (non-hydrogen) atoms. The Morgan fingerprint density at radius 3 is 2.46 bits per heavy atom. The van der Waals surface area contributed by atoms with E-state index in [1.54, 1.807) is 0 Å². The molecular formula is C20H30N2O2. The lowest BCUT2D eigenvalue weighted by atomic mass is 9.95. The summed E-state index contributed by atoms with van der Waals surface area (Å²) in [6.07, 6.45) is 4.89. The Hall–Kier alpha value is -1.84. The maximum atomic E-state index is 12.6. The largest absolute Gasteiger partial charge is 0.356 e. The fourth-order valence-corrected chi connectivity index (χ4v) is 3.13. The minimum absolute atomic E-state index is 0.0513. The molecule has 0 unspecified atom stereocenters. The summed E-state index contributed by atoms with van der Waals surface area (Å²) in [5, 5.41) is 3.03. The van der Waals surface area contributed by atoms with Crippen LogP contribution in [0.2, 0.25) is 0 Å². The van der Waals surface area contributed by atoms with Crippen molar-refractivity contribution in [2.75, 3.05) is 19.6 Å². The molecule has 1 saturated heterocycles. The van der Waals surface area contributed by atoms with Gasteiger partial charge in [-0.15, -0.1) is 0 Å². The number of carbonyl (C=O) groups excluding carboxylic acids is 2. The molecule has 1 heterocycles. The Morgan fingerprint density at radius 2 is 1.83 bits per heavy atom.